The van der Waals surface area contributed by atoms with Crippen molar-refractivity contribution in [3.8, 4) is 11.5 Å². The molecule has 0 unspecified atom stereocenters. The molecule has 2 rings (SSSR count). The molecule has 0 aliphatic heterocycles. The van der Waals surface area contributed by atoms with E-state index in [1.165, 1.54) is 30.2 Å². The van der Waals surface area contributed by atoms with Gasteiger partial charge in [0.25, 0.3) is 5.91 Å². The van der Waals surface area contributed by atoms with E-state index in [0.717, 1.165) is 10.0 Å². The van der Waals surface area contributed by atoms with Crippen LogP contribution in [0.1, 0.15) is 26.3 Å². The highest BCUT2D eigenvalue weighted by molar-refractivity contribution is 9.10. The molecule has 0 aliphatic rings. The number of methoxy groups -OCH3 is 1. The molecular formula is C23H28BrN3O6. The normalized spacial score (nSPS) is 11.6. The summed E-state index contributed by atoms with van der Waals surface area (Å²) in [6, 6.07) is 10.7. The van der Waals surface area contributed by atoms with Crippen LogP contribution in [0.25, 0.3) is 0 Å². The molecule has 2 amide bonds. The first kappa shape index (κ1) is 26.1. The molecule has 0 saturated carbocycles. The lowest BCUT2D eigenvalue weighted by molar-refractivity contribution is -0.385. The second-order valence-corrected chi connectivity index (χ2v) is 8.76. The molecule has 0 aliphatic carbocycles. The third-order valence-corrected chi connectivity index (χ3v) is 5.36. The Hall–Kier alpha value is -3.14. The fourth-order valence-corrected chi connectivity index (χ4v) is 3.21. The summed E-state index contributed by atoms with van der Waals surface area (Å²) in [5.41, 5.74) is 0.649. The number of benzene rings is 2. The van der Waals surface area contributed by atoms with Crippen molar-refractivity contribution in [3.05, 3.63) is 62.6 Å². The number of nitro groups is 1. The van der Waals surface area contributed by atoms with E-state index < -0.39 is 16.9 Å². The lowest BCUT2D eigenvalue weighted by atomic mass is 10.1. The summed E-state index contributed by atoms with van der Waals surface area (Å²) in [7, 11) is 1.31. The zero-order valence-electron chi connectivity index (χ0n) is 19.0. The van der Waals surface area contributed by atoms with E-state index in [1.807, 2.05) is 38.1 Å². The van der Waals surface area contributed by atoms with Crippen LogP contribution in [0.4, 0.5) is 5.69 Å². The molecule has 33 heavy (non-hydrogen) atoms. The van der Waals surface area contributed by atoms with Gasteiger partial charge in [-0.25, -0.2) is 0 Å². The van der Waals surface area contributed by atoms with E-state index in [2.05, 4.69) is 21.2 Å². The van der Waals surface area contributed by atoms with Gasteiger partial charge in [0.1, 0.15) is 11.8 Å². The predicted octanol–water partition coefficient (Wildman–Crippen LogP) is 3.93. The van der Waals surface area contributed by atoms with Gasteiger partial charge >= 0.3 is 5.69 Å². The Balaban J connectivity index is 2.17. The van der Waals surface area contributed by atoms with E-state index in [0.29, 0.717) is 6.54 Å². The summed E-state index contributed by atoms with van der Waals surface area (Å²) >= 11 is 3.39. The molecule has 9 nitrogen and oxygen atoms in total. The molecule has 1 atom stereocenters. The second kappa shape index (κ2) is 12.2. The highest BCUT2D eigenvalue weighted by atomic mass is 79.9. The monoisotopic (exact) mass is 521 g/mol. The van der Waals surface area contributed by atoms with Crippen molar-refractivity contribution in [2.24, 2.45) is 5.92 Å². The molecule has 0 spiro atoms. The highest BCUT2D eigenvalue weighted by Crippen LogP contribution is 2.30. The van der Waals surface area contributed by atoms with Crippen molar-refractivity contribution in [2.45, 2.75) is 33.4 Å². The van der Waals surface area contributed by atoms with Crippen LogP contribution in [0, 0.1) is 16.0 Å². The summed E-state index contributed by atoms with van der Waals surface area (Å²) in [5.74, 6) is -0.116. The maximum absolute atomic E-state index is 13.1. The molecule has 0 bridgehead atoms. The molecule has 10 heteroatoms. The Kier molecular flexibility index (Phi) is 9.65. The summed E-state index contributed by atoms with van der Waals surface area (Å²) in [6.07, 6.45) is 0. The van der Waals surface area contributed by atoms with Crippen molar-refractivity contribution >= 4 is 33.4 Å². The Morgan fingerprint density at radius 2 is 1.82 bits per heavy atom. The van der Waals surface area contributed by atoms with Crippen molar-refractivity contribution < 1.29 is 24.0 Å². The summed E-state index contributed by atoms with van der Waals surface area (Å²) in [6.45, 7) is 6.02. The zero-order valence-corrected chi connectivity index (χ0v) is 20.6. The summed E-state index contributed by atoms with van der Waals surface area (Å²) < 4.78 is 11.5. The van der Waals surface area contributed by atoms with Crippen LogP contribution in [0.15, 0.2) is 46.9 Å². The smallest absolute Gasteiger partial charge is 0.311 e. The number of nitrogens with one attached hydrogen (secondary N) is 1. The number of rotatable bonds is 11. The maximum atomic E-state index is 13.1. The number of carbonyl (C=O) groups excluding carboxylic acids is 2. The van der Waals surface area contributed by atoms with Crippen LogP contribution < -0.4 is 14.8 Å². The molecule has 1 N–H and O–H groups in total. The van der Waals surface area contributed by atoms with Gasteiger partial charge in [0, 0.05) is 29.7 Å². The zero-order chi connectivity index (χ0) is 24.5. The first-order valence-electron chi connectivity index (χ1n) is 10.4. The fourth-order valence-electron chi connectivity index (χ4n) is 2.95. The van der Waals surface area contributed by atoms with Crippen LogP contribution in [-0.2, 0) is 16.1 Å². The van der Waals surface area contributed by atoms with Gasteiger partial charge in [-0.05, 0) is 36.6 Å². The first-order chi connectivity index (χ1) is 15.6. The third-order valence-electron chi connectivity index (χ3n) is 4.83. The minimum Gasteiger partial charge on any atom is -0.490 e. The number of hydrogen-bond donors (Lipinski definition) is 1. The lowest BCUT2D eigenvalue weighted by Crippen LogP contribution is -2.49. The largest absolute Gasteiger partial charge is 0.490 e. The van der Waals surface area contributed by atoms with Crippen molar-refractivity contribution in [1.29, 1.82) is 0 Å². The number of hydrogen-bond acceptors (Lipinski definition) is 6. The quantitative estimate of drug-likeness (QED) is 0.354. The van der Waals surface area contributed by atoms with Crippen LogP contribution >= 0.6 is 15.9 Å². The van der Waals surface area contributed by atoms with Crippen molar-refractivity contribution in [3.63, 3.8) is 0 Å². The number of nitro benzene ring substituents is 1. The number of ether oxygens (including phenoxy) is 2. The molecular weight excluding hydrogens is 494 g/mol. The van der Waals surface area contributed by atoms with Gasteiger partial charge in [0.05, 0.1) is 12.0 Å². The average Bonchev–Trinajstić information content (AvgIpc) is 2.79. The number of carbonyl (C=O) groups is 2. The van der Waals surface area contributed by atoms with E-state index in [4.69, 9.17) is 9.47 Å². The van der Waals surface area contributed by atoms with E-state index >= 15 is 0 Å². The van der Waals surface area contributed by atoms with Crippen molar-refractivity contribution in [1.82, 2.24) is 10.2 Å². The predicted molar refractivity (Wildman–Crippen MR) is 127 cm³/mol. The molecule has 2 aromatic rings. The molecule has 0 saturated heterocycles. The SMILES string of the molecule is COc1cc(OCC(=O)N(Cc2ccc(Br)cc2)[C@H](C)C(=O)NCC(C)C)ccc1[N+](=O)[O-]. The fraction of sp³-hybridized carbons (Fsp3) is 0.391. The van der Waals surface area contributed by atoms with Gasteiger partial charge < -0.3 is 19.7 Å². The van der Waals surface area contributed by atoms with E-state index in [-0.39, 0.29) is 42.2 Å². The van der Waals surface area contributed by atoms with Gasteiger partial charge in [-0.15, -0.1) is 0 Å². The van der Waals surface area contributed by atoms with Gasteiger partial charge in [-0.3, -0.25) is 19.7 Å². The van der Waals surface area contributed by atoms with Crippen LogP contribution in [-0.4, -0.2) is 47.9 Å². The maximum Gasteiger partial charge on any atom is 0.311 e. The topological polar surface area (TPSA) is 111 Å². The Bertz CT molecular complexity index is 981. The van der Waals surface area contributed by atoms with E-state index in [9.17, 15) is 19.7 Å². The average molecular weight is 522 g/mol. The minimum absolute atomic E-state index is 0.0260. The minimum atomic E-state index is -0.727. The Labute approximate surface area is 201 Å². The Morgan fingerprint density at radius 3 is 2.39 bits per heavy atom. The third kappa shape index (κ3) is 7.74. The number of amides is 2. The molecule has 178 valence electrons. The standard InChI is InChI=1S/C23H28BrN3O6/c1-15(2)12-25-23(29)16(3)26(13-17-5-7-18(24)8-6-17)22(28)14-33-19-9-10-20(27(30)31)21(11-19)32-4/h5-11,15-16H,12-14H2,1-4H3,(H,25,29)/t16-/m1/s1. The molecule has 0 aromatic heterocycles. The van der Waals surface area contributed by atoms with Gasteiger partial charge in [0.15, 0.2) is 6.61 Å². The lowest BCUT2D eigenvalue weighted by Gasteiger charge is -2.29. The summed E-state index contributed by atoms with van der Waals surface area (Å²) in [4.78, 5) is 37.7. The first-order valence-corrected chi connectivity index (χ1v) is 11.2. The summed E-state index contributed by atoms with van der Waals surface area (Å²) in [5, 5.41) is 13.9. The van der Waals surface area contributed by atoms with Gasteiger partial charge in [-0.1, -0.05) is 41.9 Å². The van der Waals surface area contributed by atoms with Crippen LogP contribution in [0.3, 0.4) is 0 Å². The molecule has 2 aromatic carbocycles. The van der Waals surface area contributed by atoms with Crippen LogP contribution in [0.5, 0.6) is 11.5 Å². The van der Waals surface area contributed by atoms with Gasteiger partial charge in [-0.2, -0.15) is 0 Å². The van der Waals surface area contributed by atoms with Crippen LogP contribution in [0.2, 0.25) is 0 Å². The van der Waals surface area contributed by atoms with Gasteiger partial charge in [0.2, 0.25) is 11.7 Å². The highest BCUT2D eigenvalue weighted by Gasteiger charge is 2.27. The number of halogens is 1. The van der Waals surface area contributed by atoms with E-state index in [1.54, 1.807) is 6.92 Å². The number of nitrogens with zero attached hydrogens (tertiary/aromatic N) is 2. The molecule has 0 fully saturated rings. The molecule has 0 radical (unpaired) electrons. The molecule has 0 heterocycles. The second-order valence-electron chi connectivity index (χ2n) is 7.84. The van der Waals surface area contributed by atoms with Crippen molar-refractivity contribution in [2.75, 3.05) is 20.3 Å². The Morgan fingerprint density at radius 1 is 1.15 bits per heavy atom.